The van der Waals surface area contributed by atoms with E-state index in [0.29, 0.717) is 27.8 Å². The van der Waals surface area contributed by atoms with Gasteiger partial charge in [0.05, 0.1) is 18.3 Å². The summed E-state index contributed by atoms with van der Waals surface area (Å²) in [6.45, 7) is 3.66. The predicted molar refractivity (Wildman–Crippen MR) is 129 cm³/mol. The van der Waals surface area contributed by atoms with E-state index < -0.39 is 10.0 Å². The molecule has 0 saturated carbocycles. The molecule has 8 heteroatoms. The molecule has 4 aromatic rings. The van der Waals surface area contributed by atoms with Crippen LogP contribution in [-0.2, 0) is 10.0 Å². The van der Waals surface area contributed by atoms with Crippen LogP contribution in [0.2, 0.25) is 0 Å². The monoisotopic (exact) mass is 461 g/mol. The molecule has 0 aliphatic rings. The molecule has 0 fully saturated rings. The van der Waals surface area contributed by atoms with Gasteiger partial charge in [-0.2, -0.15) is 0 Å². The number of amides is 1. The number of aromatic nitrogens is 1. The number of methoxy groups -OCH3 is 1. The fourth-order valence-corrected chi connectivity index (χ4v) is 5.03. The molecule has 0 bridgehead atoms. The van der Waals surface area contributed by atoms with Crippen LogP contribution < -0.4 is 14.8 Å². The molecular formula is C25H23N3O4S. The smallest absolute Gasteiger partial charge is 0.265 e. The van der Waals surface area contributed by atoms with Crippen molar-refractivity contribution in [2.75, 3.05) is 17.1 Å². The molecule has 0 spiro atoms. The first-order valence-electron chi connectivity index (χ1n) is 10.2. The topological polar surface area (TPSA) is 97.4 Å². The van der Waals surface area contributed by atoms with E-state index in [9.17, 15) is 13.2 Å². The Kier molecular flexibility index (Phi) is 6.02. The van der Waals surface area contributed by atoms with Gasteiger partial charge in [0.2, 0.25) is 0 Å². The molecule has 0 radical (unpaired) electrons. The lowest BCUT2D eigenvalue weighted by molar-refractivity contribution is 0.102. The third-order valence-corrected chi connectivity index (χ3v) is 6.69. The molecule has 4 rings (SSSR count). The van der Waals surface area contributed by atoms with E-state index in [2.05, 4.69) is 15.0 Å². The van der Waals surface area contributed by atoms with E-state index in [1.165, 1.54) is 19.2 Å². The number of sulfonamides is 1. The summed E-state index contributed by atoms with van der Waals surface area (Å²) >= 11 is 0. The van der Waals surface area contributed by atoms with Crippen LogP contribution in [0.25, 0.3) is 10.9 Å². The number of pyridine rings is 1. The van der Waals surface area contributed by atoms with Gasteiger partial charge in [-0.15, -0.1) is 0 Å². The number of ether oxygens (including phenoxy) is 1. The van der Waals surface area contributed by atoms with Crippen molar-refractivity contribution in [1.82, 2.24) is 4.98 Å². The summed E-state index contributed by atoms with van der Waals surface area (Å²) in [5.74, 6) is -0.203. The zero-order valence-corrected chi connectivity index (χ0v) is 19.2. The second-order valence-corrected chi connectivity index (χ2v) is 9.22. The molecule has 2 N–H and O–H groups in total. The Morgan fingerprint density at radius 2 is 1.67 bits per heavy atom. The highest BCUT2D eigenvalue weighted by Gasteiger charge is 2.22. The Hall–Kier alpha value is -3.91. The SMILES string of the molecule is COc1ccc(NC(=O)c2cccc3ncccc23)cc1S(=O)(=O)Nc1c(C)cccc1C. The van der Waals surface area contributed by atoms with Gasteiger partial charge in [-0.3, -0.25) is 14.5 Å². The van der Waals surface area contributed by atoms with Gasteiger partial charge >= 0.3 is 0 Å². The average Bonchev–Trinajstić information content (AvgIpc) is 2.81. The Bertz CT molecular complexity index is 1440. The van der Waals surface area contributed by atoms with Crippen molar-refractivity contribution in [1.29, 1.82) is 0 Å². The Morgan fingerprint density at radius 1 is 0.939 bits per heavy atom. The number of hydrogen-bond acceptors (Lipinski definition) is 5. The van der Waals surface area contributed by atoms with Gasteiger partial charge in [0.25, 0.3) is 15.9 Å². The number of hydrogen-bond donors (Lipinski definition) is 2. The highest BCUT2D eigenvalue weighted by atomic mass is 32.2. The Morgan fingerprint density at radius 3 is 2.39 bits per heavy atom. The van der Waals surface area contributed by atoms with Gasteiger partial charge in [0.15, 0.2) is 0 Å². The lowest BCUT2D eigenvalue weighted by Crippen LogP contribution is -2.17. The van der Waals surface area contributed by atoms with Gasteiger partial charge in [-0.25, -0.2) is 8.42 Å². The van der Waals surface area contributed by atoms with Crippen molar-refractivity contribution in [3.8, 4) is 5.75 Å². The van der Waals surface area contributed by atoms with Crippen LogP contribution in [0.4, 0.5) is 11.4 Å². The second kappa shape index (κ2) is 8.91. The van der Waals surface area contributed by atoms with E-state index >= 15 is 0 Å². The van der Waals surface area contributed by atoms with Crippen molar-refractivity contribution in [2.45, 2.75) is 18.7 Å². The zero-order valence-electron chi connectivity index (χ0n) is 18.4. The van der Waals surface area contributed by atoms with Crippen LogP contribution in [0.3, 0.4) is 0 Å². The van der Waals surface area contributed by atoms with Gasteiger partial charge < -0.3 is 10.1 Å². The molecule has 0 saturated heterocycles. The Labute approximate surface area is 192 Å². The number of aryl methyl sites for hydroxylation is 2. The van der Waals surface area contributed by atoms with Gasteiger partial charge in [-0.05, 0) is 61.4 Å². The minimum atomic E-state index is -3.99. The van der Waals surface area contributed by atoms with E-state index in [0.717, 1.165) is 11.1 Å². The maximum absolute atomic E-state index is 13.3. The number of para-hydroxylation sites is 1. The maximum Gasteiger partial charge on any atom is 0.265 e. The third kappa shape index (κ3) is 4.51. The third-order valence-electron chi connectivity index (χ3n) is 5.32. The number of fused-ring (bicyclic) bond motifs is 1. The number of nitrogens with one attached hydrogen (secondary N) is 2. The summed E-state index contributed by atoms with van der Waals surface area (Å²) in [5.41, 5.74) is 3.56. The number of rotatable bonds is 6. The number of benzene rings is 3. The highest BCUT2D eigenvalue weighted by Crippen LogP contribution is 2.31. The minimum Gasteiger partial charge on any atom is -0.495 e. The second-order valence-electron chi connectivity index (χ2n) is 7.57. The molecule has 33 heavy (non-hydrogen) atoms. The summed E-state index contributed by atoms with van der Waals surface area (Å²) in [5, 5.41) is 3.49. The van der Waals surface area contributed by atoms with Crippen molar-refractivity contribution in [3.63, 3.8) is 0 Å². The maximum atomic E-state index is 13.3. The first-order chi connectivity index (χ1) is 15.8. The van der Waals surface area contributed by atoms with E-state index in [1.54, 1.807) is 30.5 Å². The average molecular weight is 462 g/mol. The van der Waals surface area contributed by atoms with E-state index in [-0.39, 0.29) is 16.6 Å². The zero-order chi connectivity index (χ0) is 23.6. The summed E-state index contributed by atoms with van der Waals surface area (Å²) < 4.78 is 34.5. The quantitative estimate of drug-likeness (QED) is 0.425. The largest absolute Gasteiger partial charge is 0.495 e. The fraction of sp³-hybridized carbons (Fsp3) is 0.120. The molecule has 1 aromatic heterocycles. The van der Waals surface area contributed by atoms with Crippen LogP contribution in [0.15, 0.2) is 77.8 Å². The number of carbonyl (C=O) groups excluding carboxylic acids is 1. The molecule has 3 aromatic carbocycles. The van der Waals surface area contributed by atoms with Crippen LogP contribution in [0, 0.1) is 13.8 Å². The van der Waals surface area contributed by atoms with Crippen molar-refractivity contribution in [2.24, 2.45) is 0 Å². The molecule has 168 valence electrons. The van der Waals surface area contributed by atoms with Crippen molar-refractivity contribution in [3.05, 3.63) is 89.6 Å². The molecule has 0 aliphatic heterocycles. The first-order valence-corrected chi connectivity index (χ1v) is 11.7. The lowest BCUT2D eigenvalue weighted by atomic mass is 10.1. The van der Waals surface area contributed by atoms with Gasteiger partial charge in [-0.1, -0.05) is 30.3 Å². The standard InChI is InChI=1S/C25H23N3O4S/c1-16-7-4-8-17(2)24(16)28-33(30,31)23-15-18(12-13-22(23)32-3)27-25(29)20-9-5-11-21-19(20)10-6-14-26-21/h4-15,28H,1-3H3,(H,27,29). The number of carbonyl (C=O) groups is 1. The summed E-state index contributed by atoms with van der Waals surface area (Å²) in [7, 11) is -2.60. The summed E-state index contributed by atoms with van der Waals surface area (Å²) in [4.78, 5) is 17.2. The summed E-state index contributed by atoms with van der Waals surface area (Å²) in [6, 6.07) is 18.9. The molecule has 0 atom stereocenters. The number of nitrogens with zero attached hydrogens (tertiary/aromatic N) is 1. The first kappa shape index (κ1) is 22.3. The Balaban J connectivity index is 1.69. The molecule has 1 amide bonds. The van der Waals surface area contributed by atoms with Crippen LogP contribution in [0.1, 0.15) is 21.5 Å². The van der Waals surface area contributed by atoms with E-state index in [4.69, 9.17) is 4.74 Å². The molecule has 7 nitrogen and oxygen atoms in total. The number of anilines is 2. The molecular weight excluding hydrogens is 438 g/mol. The van der Waals surface area contributed by atoms with Gasteiger partial charge in [0, 0.05) is 22.8 Å². The molecule has 1 heterocycles. The van der Waals surface area contributed by atoms with Crippen molar-refractivity contribution < 1.29 is 17.9 Å². The van der Waals surface area contributed by atoms with Crippen molar-refractivity contribution >= 4 is 38.2 Å². The fourth-order valence-electron chi connectivity index (χ4n) is 3.63. The summed E-state index contributed by atoms with van der Waals surface area (Å²) in [6.07, 6.45) is 1.66. The van der Waals surface area contributed by atoms with Crippen LogP contribution in [0.5, 0.6) is 5.75 Å². The predicted octanol–water partition coefficient (Wildman–Crippen LogP) is 4.91. The molecule has 0 aliphatic carbocycles. The van der Waals surface area contributed by atoms with E-state index in [1.807, 2.05) is 44.2 Å². The lowest BCUT2D eigenvalue weighted by Gasteiger charge is -2.16. The highest BCUT2D eigenvalue weighted by molar-refractivity contribution is 7.92. The van der Waals surface area contributed by atoms with Crippen LogP contribution in [-0.4, -0.2) is 26.4 Å². The normalized spacial score (nSPS) is 11.2. The van der Waals surface area contributed by atoms with Gasteiger partial charge in [0.1, 0.15) is 10.6 Å². The minimum absolute atomic E-state index is 0.0787. The van der Waals surface area contributed by atoms with Crippen LogP contribution >= 0.6 is 0 Å². The molecule has 0 unspecified atom stereocenters.